The van der Waals surface area contributed by atoms with E-state index in [1.54, 1.807) is 43.3 Å². The minimum Gasteiger partial charge on any atom is -0.355 e. The minimum absolute atomic E-state index is 0. The largest absolute Gasteiger partial charge is 0.355 e. The second-order valence-electron chi connectivity index (χ2n) is 5.16. The summed E-state index contributed by atoms with van der Waals surface area (Å²) in [6.45, 7) is 0.394. The van der Waals surface area contributed by atoms with E-state index in [0.29, 0.717) is 12.1 Å². The standard InChI is InChI=1S/C16H21N5O2.ClH/c1-17-14(13-9-20-21(3)10-13)16(23)19-8-11-4-6-12(7-5-11)15(22)18-2;/h4-7,9-10,14,17H,8H2,1-3H3,(H,18,22)(H,19,23);1H. The number of likely N-dealkylation sites (N-methyl/N-ethyl adjacent to an activating group) is 1. The van der Waals surface area contributed by atoms with Crippen LogP contribution in [0.2, 0.25) is 0 Å². The first-order valence-electron chi connectivity index (χ1n) is 7.29. The van der Waals surface area contributed by atoms with Gasteiger partial charge in [0.25, 0.3) is 5.91 Å². The summed E-state index contributed by atoms with van der Waals surface area (Å²) < 4.78 is 1.66. The molecule has 2 rings (SSSR count). The van der Waals surface area contributed by atoms with Gasteiger partial charge in [0.1, 0.15) is 6.04 Å². The van der Waals surface area contributed by atoms with Crippen molar-refractivity contribution in [1.82, 2.24) is 25.7 Å². The summed E-state index contributed by atoms with van der Waals surface area (Å²) in [5.41, 5.74) is 2.32. The lowest BCUT2D eigenvalue weighted by molar-refractivity contribution is -0.123. The lowest BCUT2D eigenvalue weighted by atomic mass is 10.1. The Hall–Kier alpha value is -2.38. The van der Waals surface area contributed by atoms with E-state index >= 15 is 0 Å². The van der Waals surface area contributed by atoms with E-state index < -0.39 is 6.04 Å². The molecule has 7 nitrogen and oxygen atoms in total. The lowest BCUT2D eigenvalue weighted by Gasteiger charge is -2.14. The minimum atomic E-state index is -0.450. The van der Waals surface area contributed by atoms with Crippen molar-refractivity contribution in [2.75, 3.05) is 14.1 Å². The highest BCUT2D eigenvalue weighted by atomic mass is 35.5. The van der Waals surface area contributed by atoms with Gasteiger partial charge in [-0.1, -0.05) is 12.1 Å². The molecule has 1 heterocycles. The first kappa shape index (κ1) is 19.7. The molecule has 2 aromatic rings. The topological polar surface area (TPSA) is 88.1 Å². The maximum Gasteiger partial charge on any atom is 0.251 e. The number of nitrogens with zero attached hydrogens (tertiary/aromatic N) is 2. The number of nitrogens with one attached hydrogen (secondary N) is 3. The van der Waals surface area contributed by atoms with E-state index in [4.69, 9.17) is 0 Å². The Kier molecular flexibility index (Phi) is 7.41. The Morgan fingerprint density at radius 3 is 2.38 bits per heavy atom. The number of hydrogen-bond acceptors (Lipinski definition) is 4. The predicted octanol–water partition coefficient (Wildman–Crippen LogP) is 0.778. The summed E-state index contributed by atoms with van der Waals surface area (Å²) in [7, 11) is 5.13. The molecule has 130 valence electrons. The van der Waals surface area contributed by atoms with Crippen LogP contribution in [0.25, 0.3) is 0 Å². The third-order valence-corrected chi connectivity index (χ3v) is 3.52. The summed E-state index contributed by atoms with van der Waals surface area (Å²) in [6.07, 6.45) is 3.47. The lowest BCUT2D eigenvalue weighted by Crippen LogP contribution is -2.35. The van der Waals surface area contributed by atoms with E-state index in [1.165, 1.54) is 0 Å². The SMILES string of the molecule is CNC(=O)c1ccc(CNC(=O)C(NC)c2cnn(C)c2)cc1.Cl. The molecule has 0 fully saturated rings. The quantitative estimate of drug-likeness (QED) is 0.717. The van der Waals surface area contributed by atoms with E-state index in [9.17, 15) is 9.59 Å². The molecule has 0 aliphatic rings. The second-order valence-corrected chi connectivity index (χ2v) is 5.16. The monoisotopic (exact) mass is 351 g/mol. The number of aryl methyl sites for hydroxylation is 1. The van der Waals surface area contributed by atoms with Crippen LogP contribution in [0.4, 0.5) is 0 Å². The molecule has 0 saturated heterocycles. The fourth-order valence-electron chi connectivity index (χ4n) is 2.25. The zero-order valence-electron chi connectivity index (χ0n) is 13.9. The molecule has 1 aromatic carbocycles. The molecule has 2 amide bonds. The molecular weight excluding hydrogens is 330 g/mol. The fourth-order valence-corrected chi connectivity index (χ4v) is 2.25. The first-order chi connectivity index (χ1) is 11.0. The van der Waals surface area contributed by atoms with Crippen molar-refractivity contribution in [3.05, 3.63) is 53.3 Å². The molecule has 24 heavy (non-hydrogen) atoms. The number of hydrogen-bond donors (Lipinski definition) is 3. The zero-order chi connectivity index (χ0) is 16.8. The molecule has 0 aliphatic heterocycles. The van der Waals surface area contributed by atoms with Gasteiger partial charge in [0, 0.05) is 38.0 Å². The van der Waals surface area contributed by atoms with Crippen LogP contribution in [0.3, 0.4) is 0 Å². The summed E-state index contributed by atoms with van der Waals surface area (Å²) in [5.74, 6) is -0.261. The van der Waals surface area contributed by atoms with Crippen molar-refractivity contribution >= 4 is 24.2 Å². The molecule has 1 atom stereocenters. The third kappa shape index (κ3) is 4.81. The summed E-state index contributed by atoms with van der Waals surface area (Å²) in [5, 5.41) is 12.5. The molecule has 8 heteroatoms. The maximum atomic E-state index is 12.3. The van der Waals surface area contributed by atoms with E-state index in [-0.39, 0.29) is 24.2 Å². The van der Waals surface area contributed by atoms with E-state index in [2.05, 4.69) is 21.0 Å². The second kappa shape index (κ2) is 9.05. The van der Waals surface area contributed by atoms with Crippen LogP contribution in [0.1, 0.15) is 27.5 Å². The highest BCUT2D eigenvalue weighted by Gasteiger charge is 2.19. The summed E-state index contributed by atoms with van der Waals surface area (Å²) in [6, 6.07) is 6.66. The van der Waals surface area contributed by atoms with Crippen LogP contribution in [0.15, 0.2) is 36.7 Å². The van der Waals surface area contributed by atoms with Crippen LogP contribution in [0.5, 0.6) is 0 Å². The van der Waals surface area contributed by atoms with Crippen LogP contribution in [-0.4, -0.2) is 35.7 Å². The van der Waals surface area contributed by atoms with Gasteiger partial charge in [0.2, 0.25) is 5.91 Å². The van der Waals surface area contributed by atoms with Crippen LogP contribution < -0.4 is 16.0 Å². The fraction of sp³-hybridized carbons (Fsp3) is 0.312. The Morgan fingerprint density at radius 2 is 1.88 bits per heavy atom. The van der Waals surface area contributed by atoms with Gasteiger partial charge in [-0.15, -0.1) is 12.4 Å². The summed E-state index contributed by atoms with van der Waals surface area (Å²) in [4.78, 5) is 23.8. The molecule has 1 aromatic heterocycles. The van der Waals surface area contributed by atoms with Gasteiger partial charge >= 0.3 is 0 Å². The average molecular weight is 352 g/mol. The number of benzene rings is 1. The van der Waals surface area contributed by atoms with Gasteiger partial charge in [-0.05, 0) is 24.7 Å². The van der Waals surface area contributed by atoms with Gasteiger partial charge in [0.05, 0.1) is 6.20 Å². The van der Waals surface area contributed by atoms with Gasteiger partial charge in [0.15, 0.2) is 0 Å². The van der Waals surface area contributed by atoms with Crippen molar-refractivity contribution in [3.63, 3.8) is 0 Å². The van der Waals surface area contributed by atoms with Crippen molar-refractivity contribution in [1.29, 1.82) is 0 Å². The van der Waals surface area contributed by atoms with Gasteiger partial charge in [-0.25, -0.2) is 0 Å². The highest BCUT2D eigenvalue weighted by molar-refractivity contribution is 5.94. The van der Waals surface area contributed by atoms with Crippen molar-refractivity contribution in [3.8, 4) is 0 Å². The Labute approximate surface area is 147 Å². The van der Waals surface area contributed by atoms with E-state index in [1.807, 2.05) is 19.2 Å². The zero-order valence-corrected chi connectivity index (χ0v) is 14.7. The summed E-state index contributed by atoms with van der Waals surface area (Å²) >= 11 is 0. The van der Waals surface area contributed by atoms with Crippen molar-refractivity contribution in [2.24, 2.45) is 7.05 Å². The molecule has 0 saturated carbocycles. The number of carbonyl (C=O) groups is 2. The molecule has 0 radical (unpaired) electrons. The molecule has 0 spiro atoms. The van der Waals surface area contributed by atoms with Crippen LogP contribution >= 0.6 is 12.4 Å². The first-order valence-corrected chi connectivity index (χ1v) is 7.29. The van der Waals surface area contributed by atoms with Crippen molar-refractivity contribution in [2.45, 2.75) is 12.6 Å². The van der Waals surface area contributed by atoms with Gasteiger partial charge in [-0.2, -0.15) is 5.10 Å². The number of halogens is 1. The Balaban J connectivity index is 0.00000288. The molecular formula is C16H22ClN5O2. The van der Waals surface area contributed by atoms with Gasteiger partial charge < -0.3 is 16.0 Å². The average Bonchev–Trinajstić information content (AvgIpc) is 2.99. The third-order valence-electron chi connectivity index (χ3n) is 3.52. The number of carbonyl (C=O) groups excluding carboxylic acids is 2. The smallest absolute Gasteiger partial charge is 0.251 e. The van der Waals surface area contributed by atoms with Gasteiger partial charge in [-0.3, -0.25) is 14.3 Å². The Bertz CT molecular complexity index is 684. The number of amides is 2. The molecule has 3 N–H and O–H groups in total. The maximum absolute atomic E-state index is 12.3. The molecule has 0 aliphatic carbocycles. The normalized spacial score (nSPS) is 11.3. The number of aromatic nitrogens is 2. The molecule has 1 unspecified atom stereocenters. The van der Waals surface area contributed by atoms with Crippen molar-refractivity contribution < 1.29 is 9.59 Å². The predicted molar refractivity (Wildman–Crippen MR) is 93.9 cm³/mol. The molecule has 0 bridgehead atoms. The highest BCUT2D eigenvalue weighted by Crippen LogP contribution is 2.12. The van der Waals surface area contributed by atoms with E-state index in [0.717, 1.165) is 11.1 Å². The van der Waals surface area contributed by atoms with Crippen LogP contribution in [-0.2, 0) is 18.4 Å². The van der Waals surface area contributed by atoms with Crippen LogP contribution in [0, 0.1) is 0 Å². The number of rotatable bonds is 6. The Morgan fingerprint density at radius 1 is 1.21 bits per heavy atom.